The SMILES string of the molecule is COc1ccc(CCNC(=O)C(c2ccc(F)cc2)C2CC2)cc1OC. The molecule has 0 heterocycles. The molecule has 26 heavy (non-hydrogen) atoms. The Kier molecular flexibility index (Phi) is 5.76. The molecule has 0 spiro atoms. The summed E-state index contributed by atoms with van der Waals surface area (Å²) in [6.45, 7) is 0.540. The summed E-state index contributed by atoms with van der Waals surface area (Å²) in [6, 6.07) is 12.0. The number of amides is 1. The van der Waals surface area contributed by atoms with Gasteiger partial charge >= 0.3 is 0 Å². The van der Waals surface area contributed by atoms with E-state index in [1.54, 1.807) is 26.4 Å². The van der Waals surface area contributed by atoms with Gasteiger partial charge in [0.05, 0.1) is 20.1 Å². The number of hydrogen-bond acceptors (Lipinski definition) is 3. The molecule has 2 aromatic rings. The Balaban J connectivity index is 1.60. The predicted molar refractivity (Wildman–Crippen MR) is 98.1 cm³/mol. The molecule has 3 rings (SSSR count). The van der Waals surface area contributed by atoms with Crippen molar-refractivity contribution in [3.63, 3.8) is 0 Å². The first-order valence-corrected chi connectivity index (χ1v) is 8.86. The van der Waals surface area contributed by atoms with Crippen molar-refractivity contribution < 1.29 is 18.7 Å². The number of ether oxygens (including phenoxy) is 2. The molecule has 1 aliphatic rings. The van der Waals surface area contributed by atoms with Gasteiger partial charge in [0, 0.05) is 6.54 Å². The smallest absolute Gasteiger partial charge is 0.227 e. The Morgan fingerprint density at radius 3 is 2.42 bits per heavy atom. The Morgan fingerprint density at radius 2 is 1.81 bits per heavy atom. The molecule has 1 saturated carbocycles. The van der Waals surface area contributed by atoms with Gasteiger partial charge < -0.3 is 14.8 Å². The predicted octanol–water partition coefficient (Wildman–Crippen LogP) is 3.70. The van der Waals surface area contributed by atoms with Gasteiger partial charge in [-0.25, -0.2) is 4.39 Å². The maximum absolute atomic E-state index is 13.2. The van der Waals surface area contributed by atoms with Crippen molar-refractivity contribution in [3.8, 4) is 11.5 Å². The van der Waals surface area contributed by atoms with Crippen LogP contribution in [0.3, 0.4) is 0 Å². The lowest BCUT2D eigenvalue weighted by molar-refractivity contribution is -0.123. The number of rotatable bonds is 8. The second kappa shape index (κ2) is 8.21. The number of halogens is 1. The fraction of sp³-hybridized carbons (Fsp3) is 0.381. The van der Waals surface area contributed by atoms with Gasteiger partial charge in [0.15, 0.2) is 11.5 Å². The first-order valence-electron chi connectivity index (χ1n) is 8.86. The van der Waals surface area contributed by atoms with E-state index in [0.29, 0.717) is 30.4 Å². The molecule has 138 valence electrons. The Hall–Kier alpha value is -2.56. The highest BCUT2D eigenvalue weighted by Crippen LogP contribution is 2.42. The number of carbonyl (C=O) groups is 1. The zero-order valence-corrected chi connectivity index (χ0v) is 15.1. The van der Waals surface area contributed by atoms with E-state index in [4.69, 9.17) is 9.47 Å². The molecule has 0 aromatic heterocycles. The molecule has 0 bridgehead atoms. The maximum atomic E-state index is 13.2. The molecular weight excluding hydrogens is 333 g/mol. The molecule has 1 atom stereocenters. The number of nitrogens with one attached hydrogen (secondary N) is 1. The fourth-order valence-electron chi connectivity index (χ4n) is 3.21. The summed E-state index contributed by atoms with van der Waals surface area (Å²) in [4.78, 5) is 12.7. The summed E-state index contributed by atoms with van der Waals surface area (Å²) in [5.74, 6) is 1.27. The number of hydrogen-bond donors (Lipinski definition) is 1. The standard InChI is InChI=1S/C21H24FNO3/c1-25-18-10-3-14(13-19(18)26-2)11-12-23-21(24)20(15-4-5-15)16-6-8-17(22)9-7-16/h3,6-10,13,15,20H,4-5,11-12H2,1-2H3,(H,23,24). The largest absolute Gasteiger partial charge is 0.493 e. The minimum atomic E-state index is -0.280. The fourth-order valence-corrected chi connectivity index (χ4v) is 3.21. The third-order valence-electron chi connectivity index (χ3n) is 4.77. The molecule has 0 saturated heterocycles. The van der Waals surface area contributed by atoms with E-state index >= 15 is 0 Å². The van der Waals surface area contributed by atoms with Crippen molar-refractivity contribution in [3.05, 3.63) is 59.4 Å². The summed E-state index contributed by atoms with van der Waals surface area (Å²) >= 11 is 0. The van der Waals surface area contributed by atoms with Crippen molar-refractivity contribution in [1.29, 1.82) is 0 Å². The molecule has 1 N–H and O–H groups in total. The van der Waals surface area contributed by atoms with E-state index in [1.807, 2.05) is 18.2 Å². The third-order valence-corrected chi connectivity index (χ3v) is 4.77. The van der Waals surface area contributed by atoms with E-state index in [1.165, 1.54) is 12.1 Å². The van der Waals surface area contributed by atoms with Crippen LogP contribution in [0.15, 0.2) is 42.5 Å². The van der Waals surface area contributed by atoms with Crippen molar-refractivity contribution in [2.75, 3.05) is 20.8 Å². The maximum Gasteiger partial charge on any atom is 0.227 e. The van der Waals surface area contributed by atoms with Crippen LogP contribution in [0.2, 0.25) is 0 Å². The highest BCUT2D eigenvalue weighted by Gasteiger charge is 2.37. The second-order valence-electron chi connectivity index (χ2n) is 6.60. The topological polar surface area (TPSA) is 47.6 Å². The quantitative estimate of drug-likeness (QED) is 0.784. The average molecular weight is 357 g/mol. The lowest BCUT2D eigenvalue weighted by Gasteiger charge is -2.17. The van der Waals surface area contributed by atoms with Gasteiger partial charge in [-0.3, -0.25) is 4.79 Å². The lowest BCUT2D eigenvalue weighted by Crippen LogP contribution is -2.32. The molecular formula is C21H24FNO3. The molecule has 1 fully saturated rings. The first-order chi connectivity index (χ1) is 12.6. The Morgan fingerprint density at radius 1 is 1.12 bits per heavy atom. The van der Waals surface area contributed by atoms with Crippen molar-refractivity contribution in [1.82, 2.24) is 5.32 Å². The molecule has 0 radical (unpaired) electrons. The van der Waals surface area contributed by atoms with Gasteiger partial charge in [-0.05, 0) is 60.6 Å². The van der Waals surface area contributed by atoms with Crippen LogP contribution in [0.1, 0.15) is 29.9 Å². The molecule has 1 aliphatic carbocycles. The Bertz CT molecular complexity index is 756. The molecule has 0 aliphatic heterocycles. The van der Waals surface area contributed by atoms with Crippen LogP contribution in [-0.2, 0) is 11.2 Å². The van der Waals surface area contributed by atoms with Gasteiger partial charge in [-0.15, -0.1) is 0 Å². The zero-order valence-electron chi connectivity index (χ0n) is 15.1. The van der Waals surface area contributed by atoms with Gasteiger partial charge in [-0.1, -0.05) is 18.2 Å². The highest BCUT2D eigenvalue weighted by atomic mass is 19.1. The second-order valence-corrected chi connectivity index (χ2v) is 6.60. The first kappa shape index (κ1) is 18.2. The van der Waals surface area contributed by atoms with Gasteiger partial charge in [0.25, 0.3) is 0 Å². The van der Waals surface area contributed by atoms with Crippen molar-refractivity contribution >= 4 is 5.91 Å². The third kappa shape index (κ3) is 4.34. The van der Waals surface area contributed by atoms with E-state index in [0.717, 1.165) is 24.0 Å². The number of benzene rings is 2. The number of methoxy groups -OCH3 is 2. The zero-order chi connectivity index (χ0) is 18.5. The summed E-state index contributed by atoms with van der Waals surface area (Å²) in [6.07, 6.45) is 2.79. The minimum Gasteiger partial charge on any atom is -0.493 e. The van der Waals surface area contributed by atoms with Crippen LogP contribution in [0.5, 0.6) is 11.5 Å². The molecule has 1 amide bonds. The van der Waals surface area contributed by atoms with E-state index in [-0.39, 0.29) is 17.6 Å². The summed E-state index contributed by atoms with van der Waals surface area (Å²) in [7, 11) is 3.21. The summed E-state index contributed by atoms with van der Waals surface area (Å²) < 4.78 is 23.7. The normalized spacial score (nSPS) is 14.6. The van der Waals surface area contributed by atoms with Crippen LogP contribution in [-0.4, -0.2) is 26.7 Å². The molecule has 4 nitrogen and oxygen atoms in total. The van der Waals surface area contributed by atoms with Gasteiger partial charge in [-0.2, -0.15) is 0 Å². The van der Waals surface area contributed by atoms with Crippen LogP contribution < -0.4 is 14.8 Å². The van der Waals surface area contributed by atoms with Crippen molar-refractivity contribution in [2.24, 2.45) is 5.92 Å². The van der Waals surface area contributed by atoms with E-state index in [2.05, 4.69) is 5.32 Å². The van der Waals surface area contributed by atoms with E-state index in [9.17, 15) is 9.18 Å². The van der Waals surface area contributed by atoms with Crippen molar-refractivity contribution in [2.45, 2.75) is 25.2 Å². The number of carbonyl (C=O) groups excluding carboxylic acids is 1. The van der Waals surface area contributed by atoms with E-state index < -0.39 is 0 Å². The van der Waals surface area contributed by atoms with Crippen LogP contribution in [0.4, 0.5) is 4.39 Å². The Labute approximate surface area is 153 Å². The average Bonchev–Trinajstić information content (AvgIpc) is 3.48. The van der Waals surface area contributed by atoms with Crippen LogP contribution in [0.25, 0.3) is 0 Å². The molecule has 2 aromatic carbocycles. The minimum absolute atomic E-state index is 0.0135. The van der Waals surface area contributed by atoms with Crippen LogP contribution in [0, 0.1) is 11.7 Å². The van der Waals surface area contributed by atoms with Gasteiger partial charge in [0.2, 0.25) is 5.91 Å². The monoisotopic (exact) mass is 357 g/mol. The van der Waals surface area contributed by atoms with Crippen LogP contribution >= 0.6 is 0 Å². The summed E-state index contributed by atoms with van der Waals surface area (Å²) in [5.41, 5.74) is 1.95. The molecule has 5 heteroatoms. The highest BCUT2D eigenvalue weighted by molar-refractivity contribution is 5.84. The van der Waals surface area contributed by atoms with Gasteiger partial charge in [0.1, 0.15) is 5.82 Å². The molecule has 1 unspecified atom stereocenters. The summed E-state index contributed by atoms with van der Waals surface area (Å²) in [5, 5.41) is 3.03. The lowest BCUT2D eigenvalue weighted by atomic mass is 9.93.